The van der Waals surface area contributed by atoms with Gasteiger partial charge in [0.15, 0.2) is 5.78 Å². The number of ketones is 1. The zero-order chi connectivity index (χ0) is 23.7. The maximum absolute atomic E-state index is 12.8. The Labute approximate surface area is 193 Å². The molecule has 4 nitrogen and oxygen atoms in total. The van der Waals surface area contributed by atoms with Crippen LogP contribution in [0.5, 0.6) is 0 Å². The van der Waals surface area contributed by atoms with Crippen molar-refractivity contribution in [2.24, 2.45) is 38.9 Å². The second-order valence-electron chi connectivity index (χ2n) is 12.4. The molecule has 4 unspecified atom stereocenters. The first-order chi connectivity index (χ1) is 14.7. The first kappa shape index (κ1) is 23.2. The molecule has 0 amide bonds. The van der Waals surface area contributed by atoms with Crippen LogP contribution in [0.15, 0.2) is 47.7 Å². The Hall–Kier alpha value is -1.97. The molecule has 1 aromatic heterocycles. The van der Waals surface area contributed by atoms with Crippen LogP contribution in [0.2, 0.25) is 0 Å². The van der Waals surface area contributed by atoms with Gasteiger partial charge in [-0.2, -0.15) is 0 Å². The smallest absolute Gasteiger partial charge is 0.269 e. The lowest BCUT2D eigenvalue weighted by atomic mass is 9.34. The van der Waals surface area contributed by atoms with E-state index < -0.39 is 0 Å². The Morgan fingerprint density at radius 3 is 2.38 bits per heavy atom. The molecule has 0 aromatic carbocycles. The minimum atomic E-state index is -0.350. The molecule has 0 bridgehead atoms. The summed E-state index contributed by atoms with van der Waals surface area (Å²) in [6, 6.07) is 1.93. The fraction of sp³-hybridized carbons (Fsp3) is 0.679. The van der Waals surface area contributed by atoms with Crippen molar-refractivity contribution in [3.63, 3.8) is 0 Å². The molecule has 0 radical (unpaired) electrons. The van der Waals surface area contributed by atoms with Crippen molar-refractivity contribution in [2.75, 3.05) is 0 Å². The average molecular weight is 441 g/mol. The Morgan fingerprint density at radius 1 is 1.12 bits per heavy atom. The van der Waals surface area contributed by atoms with Gasteiger partial charge in [-0.05, 0) is 72.5 Å². The van der Waals surface area contributed by atoms with E-state index >= 15 is 0 Å². The number of aliphatic hydroxyl groups excluding tert-OH is 1. The minimum absolute atomic E-state index is 0.0183. The van der Waals surface area contributed by atoms with Gasteiger partial charge in [-0.1, -0.05) is 54.5 Å². The van der Waals surface area contributed by atoms with Gasteiger partial charge in [0.05, 0.1) is 12.5 Å². The fourth-order valence-corrected chi connectivity index (χ4v) is 8.24. The molecule has 3 aliphatic rings. The molecule has 0 aliphatic heterocycles. The van der Waals surface area contributed by atoms with Gasteiger partial charge in [-0.3, -0.25) is 4.79 Å². The van der Waals surface area contributed by atoms with Crippen molar-refractivity contribution in [1.29, 1.82) is 0 Å². The monoisotopic (exact) mass is 440 g/mol. The van der Waals surface area contributed by atoms with Gasteiger partial charge in [0.1, 0.15) is 6.10 Å². The zero-order valence-corrected chi connectivity index (χ0v) is 20.8. The quantitative estimate of drug-likeness (QED) is 0.496. The van der Waals surface area contributed by atoms with Crippen molar-refractivity contribution < 1.29 is 19.1 Å². The maximum Gasteiger partial charge on any atom is 0.269 e. The highest BCUT2D eigenvalue weighted by molar-refractivity contribution is 5.95. The number of aliphatic hydroxyl groups is 1. The van der Waals surface area contributed by atoms with E-state index in [2.05, 4.69) is 61.1 Å². The third-order valence-corrected chi connectivity index (χ3v) is 10.8. The number of carbonyl (C=O) groups excluding carboxylic acids is 1. The molecule has 176 valence electrons. The lowest BCUT2D eigenvalue weighted by molar-refractivity contribution is -0.232. The van der Waals surface area contributed by atoms with E-state index in [-0.39, 0.29) is 44.9 Å². The van der Waals surface area contributed by atoms with Gasteiger partial charge in [0.2, 0.25) is 0 Å². The third kappa shape index (κ3) is 2.83. The van der Waals surface area contributed by atoms with Crippen LogP contribution in [0.4, 0.5) is 0 Å². The number of carbonyl (C=O) groups is 1. The highest BCUT2D eigenvalue weighted by Gasteiger charge is 2.69. The summed E-state index contributed by atoms with van der Waals surface area (Å²) in [6.45, 7) is 19.8. The van der Waals surface area contributed by atoms with Gasteiger partial charge in [-0.25, -0.2) is 0 Å². The second-order valence-corrected chi connectivity index (χ2v) is 12.4. The van der Waals surface area contributed by atoms with Crippen LogP contribution in [-0.4, -0.2) is 10.9 Å². The number of hydrogen-bond acceptors (Lipinski definition) is 4. The lowest BCUT2D eigenvalue weighted by Gasteiger charge is -2.70. The number of fused-ring (bicyclic) bond motifs is 3. The summed E-state index contributed by atoms with van der Waals surface area (Å²) in [4.78, 5) is 12.8. The van der Waals surface area contributed by atoms with E-state index in [4.69, 9.17) is 9.15 Å². The number of hydrogen-bond donors (Lipinski definition) is 1. The Morgan fingerprint density at radius 2 is 1.78 bits per heavy atom. The van der Waals surface area contributed by atoms with Crippen molar-refractivity contribution in [2.45, 2.75) is 80.3 Å². The number of ether oxygens (including phenoxy) is 1. The maximum atomic E-state index is 12.8. The summed E-state index contributed by atoms with van der Waals surface area (Å²) >= 11 is 0. The molecule has 2 fully saturated rings. The van der Waals surface area contributed by atoms with E-state index in [1.807, 2.05) is 12.1 Å². The van der Waals surface area contributed by atoms with E-state index in [1.165, 1.54) is 0 Å². The Bertz CT molecular complexity index is 939. The largest absolute Gasteiger partial charge is 0.481 e. The average Bonchev–Trinajstić information content (AvgIpc) is 3.21. The van der Waals surface area contributed by atoms with Crippen LogP contribution < -0.4 is 0 Å². The molecule has 2 saturated carbocycles. The molecule has 0 spiro atoms. The zero-order valence-electron chi connectivity index (χ0n) is 20.8. The van der Waals surface area contributed by atoms with Gasteiger partial charge in [0, 0.05) is 16.4 Å². The second kappa shape index (κ2) is 7.01. The summed E-state index contributed by atoms with van der Waals surface area (Å²) in [5.41, 5.74) is 0.257. The first-order valence-corrected chi connectivity index (χ1v) is 12.0. The summed E-state index contributed by atoms with van der Waals surface area (Å²) in [6.07, 6.45) is 11.2. The van der Waals surface area contributed by atoms with Crippen LogP contribution in [-0.2, 0) is 9.53 Å². The van der Waals surface area contributed by atoms with Crippen LogP contribution in [0, 0.1) is 38.9 Å². The van der Waals surface area contributed by atoms with Gasteiger partial charge in [0.25, 0.3) is 5.95 Å². The van der Waals surface area contributed by atoms with E-state index in [9.17, 15) is 9.90 Å². The predicted molar refractivity (Wildman–Crippen MR) is 126 cm³/mol. The van der Waals surface area contributed by atoms with Crippen LogP contribution in [0.1, 0.15) is 85.8 Å². The van der Waals surface area contributed by atoms with Crippen molar-refractivity contribution >= 4 is 5.78 Å². The van der Waals surface area contributed by atoms with Gasteiger partial charge >= 0.3 is 0 Å². The van der Waals surface area contributed by atoms with Crippen LogP contribution in [0.25, 0.3) is 0 Å². The number of allylic oxidation sites excluding steroid dienone is 2. The first-order valence-electron chi connectivity index (χ1n) is 12.0. The van der Waals surface area contributed by atoms with Crippen LogP contribution in [0.3, 0.4) is 0 Å². The molecule has 1 heterocycles. The third-order valence-electron chi connectivity index (χ3n) is 10.8. The molecule has 4 rings (SSSR count). The molecule has 6 atom stereocenters. The molecule has 4 heteroatoms. The summed E-state index contributed by atoms with van der Waals surface area (Å²) in [7, 11) is 0. The van der Waals surface area contributed by atoms with Crippen molar-refractivity contribution in [3.8, 4) is 0 Å². The minimum Gasteiger partial charge on any atom is -0.481 e. The van der Waals surface area contributed by atoms with E-state index in [0.717, 1.165) is 31.2 Å². The summed E-state index contributed by atoms with van der Waals surface area (Å²) in [5.74, 6) is 0.816. The van der Waals surface area contributed by atoms with Crippen molar-refractivity contribution in [1.82, 2.24) is 0 Å². The van der Waals surface area contributed by atoms with Crippen molar-refractivity contribution in [3.05, 3.63) is 48.8 Å². The molecule has 3 aliphatic carbocycles. The predicted octanol–water partition coefficient (Wildman–Crippen LogP) is 7.40. The molecule has 1 aromatic rings. The lowest BCUT2D eigenvalue weighted by Crippen LogP contribution is -2.65. The van der Waals surface area contributed by atoms with E-state index in [0.29, 0.717) is 11.8 Å². The number of furan rings is 1. The van der Waals surface area contributed by atoms with Crippen LogP contribution >= 0.6 is 0 Å². The molecule has 1 N–H and O–H groups in total. The highest BCUT2D eigenvalue weighted by atomic mass is 16.6. The fourth-order valence-electron chi connectivity index (χ4n) is 8.24. The molecule has 32 heavy (non-hydrogen) atoms. The molecular formula is C28H40O4. The standard InChI is InChI=1S/C28H40O4/c1-18(29)32-23(19-12-16-31-17-19)28(8)15-10-21-26(6)13-11-22(30)24(2,3)20(26)9-14-27(21,7)25(28,4)5/h11-13,16-17,20-21,23,29H,1,9-10,14-15H2,2-8H3/t20?,21?,23-,26?,27?,28-/m0/s1. The van der Waals surface area contributed by atoms with Gasteiger partial charge < -0.3 is 14.3 Å². The molecular weight excluding hydrogens is 400 g/mol. The normalized spacial score (nSPS) is 40.8. The Balaban J connectivity index is 1.80. The summed E-state index contributed by atoms with van der Waals surface area (Å²) in [5, 5.41) is 10.0. The SMILES string of the molecule is C=C(O)O[C@@H](c1ccoc1)[C@]1(C)CCC2C3(C)C=CC(=O)C(C)(C)C3CCC2(C)C1(C)C. The Kier molecular flexibility index (Phi) is 5.08. The summed E-state index contributed by atoms with van der Waals surface area (Å²) < 4.78 is 11.4. The van der Waals surface area contributed by atoms with E-state index in [1.54, 1.807) is 12.5 Å². The highest BCUT2D eigenvalue weighted by Crippen LogP contribution is 2.75. The van der Waals surface area contributed by atoms with Gasteiger partial charge in [-0.15, -0.1) is 0 Å². The number of rotatable bonds is 4. The molecule has 0 saturated heterocycles. The topological polar surface area (TPSA) is 59.7 Å².